The summed E-state index contributed by atoms with van der Waals surface area (Å²) in [5, 5.41) is 4.28. The van der Waals surface area contributed by atoms with Gasteiger partial charge in [0.15, 0.2) is 0 Å². The molecule has 11 nitrogen and oxygen atoms in total. The molecule has 13 heteroatoms. The van der Waals surface area contributed by atoms with Crippen LogP contribution >= 0.6 is 11.6 Å². The lowest BCUT2D eigenvalue weighted by Gasteiger charge is -2.15. The zero-order valence-corrected chi connectivity index (χ0v) is 24.2. The Morgan fingerprint density at radius 2 is 1.68 bits per heavy atom. The number of benzene rings is 2. The van der Waals surface area contributed by atoms with E-state index in [-0.39, 0.29) is 23.0 Å². The molecular formula is C27H29ClN6O5S. The second kappa shape index (κ2) is 13.2. The molecule has 0 aliphatic heterocycles. The number of fused-ring (bicyclic) bond motifs is 1. The summed E-state index contributed by atoms with van der Waals surface area (Å²) in [6.07, 6.45) is 2.18. The lowest BCUT2D eigenvalue weighted by atomic mass is 10.1. The predicted molar refractivity (Wildman–Crippen MR) is 154 cm³/mol. The topological polar surface area (TPSA) is 143 Å². The van der Waals surface area contributed by atoms with Crippen molar-refractivity contribution in [2.24, 2.45) is 0 Å². The lowest BCUT2D eigenvalue weighted by molar-refractivity contribution is -0.115. The van der Waals surface area contributed by atoms with Gasteiger partial charge in [0.2, 0.25) is 12.4 Å². The zero-order chi connectivity index (χ0) is 29.4. The number of aryl methyl sites for hydroxylation is 2. The number of anilines is 3. The third kappa shape index (κ3) is 7.87. The maximum absolute atomic E-state index is 12.8. The second-order valence-electron chi connectivity index (χ2n) is 8.73. The minimum Gasteiger partial charge on any atom is -0.462 e. The van der Waals surface area contributed by atoms with E-state index in [0.717, 1.165) is 6.41 Å². The minimum absolute atomic E-state index is 0.00362. The summed E-state index contributed by atoms with van der Waals surface area (Å²) in [6.45, 7) is 5.43. The Bertz CT molecular complexity index is 1610. The first kappa shape index (κ1) is 30.3. The van der Waals surface area contributed by atoms with Gasteiger partial charge in [-0.05, 0) is 69.3 Å². The largest absolute Gasteiger partial charge is 0.462 e. The van der Waals surface area contributed by atoms with Crippen molar-refractivity contribution < 1.29 is 22.7 Å². The molecule has 0 spiro atoms. The Kier molecular flexibility index (Phi) is 9.97. The highest BCUT2D eigenvalue weighted by molar-refractivity contribution is 7.92. The van der Waals surface area contributed by atoms with Crippen LogP contribution in [0, 0.1) is 13.8 Å². The van der Waals surface area contributed by atoms with E-state index in [4.69, 9.17) is 16.3 Å². The molecule has 0 aliphatic carbocycles. The van der Waals surface area contributed by atoms with E-state index in [1.54, 1.807) is 71.3 Å². The summed E-state index contributed by atoms with van der Waals surface area (Å²) >= 11 is 6.19. The van der Waals surface area contributed by atoms with Crippen molar-refractivity contribution in [1.82, 2.24) is 19.9 Å². The van der Waals surface area contributed by atoms with Gasteiger partial charge in [0.05, 0.1) is 22.7 Å². The van der Waals surface area contributed by atoms with Crippen LogP contribution in [0.15, 0.2) is 59.6 Å². The van der Waals surface area contributed by atoms with Crippen LogP contribution in [0.1, 0.15) is 28.7 Å². The Morgan fingerprint density at radius 1 is 1.05 bits per heavy atom. The summed E-state index contributed by atoms with van der Waals surface area (Å²) in [5.41, 5.74) is 3.15. The van der Waals surface area contributed by atoms with Crippen molar-refractivity contribution in [3.05, 3.63) is 76.7 Å². The monoisotopic (exact) mass is 584 g/mol. The van der Waals surface area contributed by atoms with E-state index in [1.165, 1.54) is 23.2 Å². The summed E-state index contributed by atoms with van der Waals surface area (Å²) in [4.78, 5) is 36.0. The first-order valence-electron chi connectivity index (χ1n) is 12.0. The third-order valence-electron chi connectivity index (χ3n) is 5.18. The van der Waals surface area contributed by atoms with Crippen LogP contribution in [0.25, 0.3) is 10.9 Å². The van der Waals surface area contributed by atoms with Gasteiger partial charge < -0.3 is 15.0 Å². The van der Waals surface area contributed by atoms with E-state index >= 15 is 0 Å². The smallest absolute Gasteiger partial charge is 0.341 e. The van der Waals surface area contributed by atoms with E-state index in [1.807, 2.05) is 0 Å². The number of esters is 1. The number of hydrogen-bond donors (Lipinski definition) is 2. The van der Waals surface area contributed by atoms with Crippen molar-refractivity contribution in [1.29, 1.82) is 0 Å². The van der Waals surface area contributed by atoms with Crippen LogP contribution in [-0.4, -0.2) is 61.4 Å². The van der Waals surface area contributed by atoms with Crippen molar-refractivity contribution >= 4 is 62.2 Å². The van der Waals surface area contributed by atoms with Gasteiger partial charge in [0.1, 0.15) is 5.56 Å². The Labute approximate surface area is 237 Å². The number of sulfonamides is 1. The van der Waals surface area contributed by atoms with Gasteiger partial charge in [-0.15, -0.1) is 0 Å². The molecule has 2 N–H and O–H groups in total. The fourth-order valence-electron chi connectivity index (χ4n) is 3.48. The van der Waals surface area contributed by atoms with Crippen molar-refractivity contribution in [2.75, 3.05) is 30.7 Å². The molecular weight excluding hydrogens is 556 g/mol. The van der Waals surface area contributed by atoms with Gasteiger partial charge in [-0.2, -0.15) is 0 Å². The normalized spacial score (nSPS) is 10.8. The molecule has 4 rings (SSSR count). The molecule has 1 amide bonds. The van der Waals surface area contributed by atoms with E-state index < -0.39 is 16.0 Å². The van der Waals surface area contributed by atoms with Crippen LogP contribution in [0.4, 0.5) is 17.3 Å². The fraction of sp³-hybridized carbons (Fsp3) is 0.222. The molecule has 0 saturated heterocycles. The molecule has 2 aromatic heterocycles. The van der Waals surface area contributed by atoms with Gasteiger partial charge in [-0.1, -0.05) is 11.6 Å². The van der Waals surface area contributed by atoms with E-state index in [9.17, 15) is 18.0 Å². The first-order chi connectivity index (χ1) is 18.9. The highest BCUT2D eigenvalue weighted by Crippen LogP contribution is 2.32. The quantitative estimate of drug-likeness (QED) is 0.222. The number of aromatic nitrogens is 3. The van der Waals surface area contributed by atoms with Gasteiger partial charge in [-0.25, -0.2) is 27.9 Å². The third-order valence-corrected chi connectivity index (χ3v) is 6.76. The molecule has 0 unspecified atom stereocenters. The highest BCUT2D eigenvalue weighted by atomic mass is 35.5. The van der Waals surface area contributed by atoms with Crippen molar-refractivity contribution in [3.63, 3.8) is 0 Å². The summed E-state index contributed by atoms with van der Waals surface area (Å²) in [6, 6.07) is 12.9. The van der Waals surface area contributed by atoms with Crippen molar-refractivity contribution in [2.45, 2.75) is 25.7 Å². The summed E-state index contributed by atoms with van der Waals surface area (Å²) < 4.78 is 33.2. The molecule has 40 heavy (non-hydrogen) atoms. The molecule has 0 radical (unpaired) electrons. The number of amides is 1. The molecule has 4 aromatic rings. The van der Waals surface area contributed by atoms with Gasteiger partial charge in [0, 0.05) is 47.8 Å². The molecule has 2 aromatic carbocycles. The number of pyridine rings is 1. The average molecular weight is 585 g/mol. The number of hydrogen-bond acceptors (Lipinski definition) is 9. The van der Waals surface area contributed by atoms with Gasteiger partial charge in [-0.3, -0.25) is 9.78 Å². The Hall–Kier alpha value is -4.29. The van der Waals surface area contributed by atoms with Crippen LogP contribution in [0.3, 0.4) is 0 Å². The molecule has 0 bridgehead atoms. The molecule has 0 atom stereocenters. The zero-order valence-electron chi connectivity index (χ0n) is 22.6. The minimum atomic E-state index is -3.91. The Morgan fingerprint density at radius 3 is 2.25 bits per heavy atom. The predicted octanol–water partition coefficient (Wildman–Crippen LogP) is 4.72. The summed E-state index contributed by atoms with van der Waals surface area (Å²) in [5.74, 6) is -0.537. The lowest BCUT2D eigenvalue weighted by Crippen LogP contribution is -2.15. The van der Waals surface area contributed by atoms with Crippen LogP contribution in [-0.2, 0) is 19.6 Å². The standard InChI is InChI=1S/C24H22ClN5O4S.C3H7NO/c1-4-34-23(31)20-13-26-21-10-5-16(25)12-19(21)22(20)29-17-6-8-18(9-7-17)35(32,33)30-24-27-14(2)11-15(3)28-24;1-4(2)3-5/h5-13H,4H2,1-3H3,(H,26,29)(H,27,28,30);3H,1-2H3. The number of carbonyl (C=O) groups is 2. The maximum Gasteiger partial charge on any atom is 0.341 e. The fourth-order valence-corrected chi connectivity index (χ4v) is 4.59. The van der Waals surface area contributed by atoms with Crippen LogP contribution < -0.4 is 10.0 Å². The molecule has 0 saturated carbocycles. The van der Waals surface area contributed by atoms with Gasteiger partial charge in [0.25, 0.3) is 10.0 Å². The Balaban J connectivity index is 0.000000810. The highest BCUT2D eigenvalue weighted by Gasteiger charge is 2.19. The van der Waals surface area contributed by atoms with E-state index in [0.29, 0.717) is 38.7 Å². The number of ether oxygens (including phenoxy) is 1. The maximum atomic E-state index is 12.8. The second-order valence-corrected chi connectivity index (χ2v) is 10.8. The van der Waals surface area contributed by atoms with Crippen LogP contribution in [0.2, 0.25) is 5.02 Å². The number of carbonyl (C=O) groups excluding carboxylic acids is 2. The van der Waals surface area contributed by atoms with E-state index in [2.05, 4.69) is 25.0 Å². The van der Waals surface area contributed by atoms with Crippen LogP contribution in [0.5, 0.6) is 0 Å². The number of nitrogens with zero attached hydrogens (tertiary/aromatic N) is 4. The first-order valence-corrected chi connectivity index (χ1v) is 13.9. The number of nitrogens with one attached hydrogen (secondary N) is 2. The molecule has 0 aliphatic rings. The SMILES string of the molecule is CCOC(=O)c1cnc2ccc(Cl)cc2c1Nc1ccc(S(=O)(=O)Nc2nc(C)cc(C)n2)cc1.CN(C)C=O. The van der Waals surface area contributed by atoms with Crippen molar-refractivity contribution in [3.8, 4) is 0 Å². The number of halogens is 1. The molecule has 210 valence electrons. The number of rotatable bonds is 8. The summed E-state index contributed by atoms with van der Waals surface area (Å²) in [7, 11) is -0.535. The van der Waals surface area contributed by atoms with Gasteiger partial charge >= 0.3 is 5.97 Å². The molecule has 0 fully saturated rings. The molecule has 2 heterocycles. The average Bonchev–Trinajstić information content (AvgIpc) is 2.89.